The van der Waals surface area contributed by atoms with Crippen LogP contribution in [0.25, 0.3) is 0 Å². The number of nitrogens with zero attached hydrogens (tertiary/aromatic N) is 2. The Balaban J connectivity index is 2.49. The number of H-pyrrole nitrogens is 1. The van der Waals surface area contributed by atoms with Gasteiger partial charge in [-0.3, -0.25) is 0 Å². The van der Waals surface area contributed by atoms with E-state index in [0.717, 1.165) is 22.5 Å². The molecule has 0 saturated carbocycles. The second kappa shape index (κ2) is 4.19. The first-order chi connectivity index (χ1) is 7.74. The average Bonchev–Trinajstić information content (AvgIpc) is 2.81. The Morgan fingerprint density at radius 1 is 1.44 bits per heavy atom. The number of benzene rings is 1. The molecule has 1 aromatic carbocycles. The maximum atomic E-state index is 9.17. The first-order valence-electron chi connectivity index (χ1n) is 5.23. The summed E-state index contributed by atoms with van der Waals surface area (Å²) in [5.41, 5.74) is 2.79. The standard InChI is InChI=1S/C13H13N3/c1-9-4-3-5-11(12(9)8-14)10(2)13-15-6-7-16-13/h3-7,10H,1-2H3,(H,15,16). The summed E-state index contributed by atoms with van der Waals surface area (Å²) in [5, 5.41) is 9.17. The molecule has 80 valence electrons. The molecule has 1 N–H and O–H groups in total. The molecule has 3 heteroatoms. The molecular weight excluding hydrogens is 198 g/mol. The van der Waals surface area contributed by atoms with Crippen molar-refractivity contribution in [3.63, 3.8) is 0 Å². The summed E-state index contributed by atoms with van der Waals surface area (Å²) >= 11 is 0. The number of hydrogen-bond acceptors (Lipinski definition) is 2. The van der Waals surface area contributed by atoms with E-state index < -0.39 is 0 Å². The van der Waals surface area contributed by atoms with Gasteiger partial charge in [0.15, 0.2) is 0 Å². The van der Waals surface area contributed by atoms with E-state index in [9.17, 15) is 0 Å². The summed E-state index contributed by atoms with van der Waals surface area (Å²) < 4.78 is 0. The molecule has 0 spiro atoms. The summed E-state index contributed by atoms with van der Waals surface area (Å²) in [7, 11) is 0. The van der Waals surface area contributed by atoms with Gasteiger partial charge in [0.25, 0.3) is 0 Å². The lowest BCUT2D eigenvalue weighted by molar-refractivity contribution is 0.835. The van der Waals surface area contributed by atoms with Gasteiger partial charge in [0.2, 0.25) is 0 Å². The van der Waals surface area contributed by atoms with Crippen molar-refractivity contribution in [2.24, 2.45) is 0 Å². The predicted molar refractivity (Wildman–Crippen MR) is 62.0 cm³/mol. The molecule has 1 aromatic heterocycles. The number of hydrogen-bond donors (Lipinski definition) is 1. The van der Waals surface area contributed by atoms with Crippen LogP contribution in [0.5, 0.6) is 0 Å². The molecule has 3 nitrogen and oxygen atoms in total. The Labute approximate surface area is 94.8 Å². The molecule has 0 bridgehead atoms. The minimum Gasteiger partial charge on any atom is -0.348 e. The monoisotopic (exact) mass is 211 g/mol. The SMILES string of the molecule is Cc1cccc(C(C)c2ncc[nH]2)c1C#N. The molecule has 2 rings (SSSR count). The Kier molecular flexibility index (Phi) is 2.74. The van der Waals surface area contributed by atoms with Crippen molar-refractivity contribution in [3.8, 4) is 6.07 Å². The quantitative estimate of drug-likeness (QED) is 0.830. The van der Waals surface area contributed by atoms with Crippen LogP contribution in [0.15, 0.2) is 30.6 Å². The van der Waals surface area contributed by atoms with Crippen LogP contribution in [0.4, 0.5) is 0 Å². The maximum absolute atomic E-state index is 9.17. The van der Waals surface area contributed by atoms with Crippen molar-refractivity contribution in [2.45, 2.75) is 19.8 Å². The highest BCUT2D eigenvalue weighted by molar-refractivity contribution is 5.46. The van der Waals surface area contributed by atoms with Crippen molar-refractivity contribution in [1.29, 1.82) is 5.26 Å². The number of aryl methyl sites for hydroxylation is 1. The molecule has 0 amide bonds. The summed E-state index contributed by atoms with van der Waals surface area (Å²) in [6, 6.07) is 8.18. The van der Waals surface area contributed by atoms with Crippen molar-refractivity contribution >= 4 is 0 Å². The lowest BCUT2D eigenvalue weighted by atomic mass is 9.93. The van der Waals surface area contributed by atoms with Crippen LogP contribution in [0.3, 0.4) is 0 Å². The van der Waals surface area contributed by atoms with Gasteiger partial charge in [0.1, 0.15) is 5.82 Å². The summed E-state index contributed by atoms with van der Waals surface area (Å²) in [5.74, 6) is 1.01. The summed E-state index contributed by atoms with van der Waals surface area (Å²) in [6.45, 7) is 4.01. The van der Waals surface area contributed by atoms with Gasteiger partial charge in [0.05, 0.1) is 11.6 Å². The minimum absolute atomic E-state index is 0.115. The highest BCUT2D eigenvalue weighted by Gasteiger charge is 2.15. The predicted octanol–water partition coefficient (Wildman–Crippen LogP) is 2.74. The zero-order valence-corrected chi connectivity index (χ0v) is 9.36. The van der Waals surface area contributed by atoms with Crippen LogP contribution in [-0.2, 0) is 0 Å². The third-order valence-electron chi connectivity index (χ3n) is 2.81. The van der Waals surface area contributed by atoms with E-state index in [1.807, 2.05) is 25.1 Å². The first kappa shape index (κ1) is 10.4. The van der Waals surface area contributed by atoms with Crippen molar-refractivity contribution in [3.05, 3.63) is 53.1 Å². The molecule has 0 aliphatic carbocycles. The van der Waals surface area contributed by atoms with Gasteiger partial charge >= 0.3 is 0 Å². The van der Waals surface area contributed by atoms with E-state index in [4.69, 9.17) is 5.26 Å². The highest BCUT2D eigenvalue weighted by atomic mass is 14.9. The van der Waals surface area contributed by atoms with E-state index in [1.165, 1.54) is 0 Å². The van der Waals surface area contributed by atoms with Crippen LogP contribution < -0.4 is 0 Å². The van der Waals surface area contributed by atoms with Crippen molar-refractivity contribution < 1.29 is 0 Å². The molecular formula is C13H13N3. The Morgan fingerprint density at radius 3 is 2.88 bits per heavy atom. The Morgan fingerprint density at radius 2 is 2.25 bits per heavy atom. The zero-order chi connectivity index (χ0) is 11.5. The number of aromatic nitrogens is 2. The second-order valence-electron chi connectivity index (χ2n) is 3.85. The minimum atomic E-state index is 0.115. The molecule has 1 unspecified atom stereocenters. The summed E-state index contributed by atoms with van der Waals surface area (Å²) in [4.78, 5) is 7.32. The molecule has 0 radical (unpaired) electrons. The second-order valence-corrected chi connectivity index (χ2v) is 3.85. The molecule has 16 heavy (non-hydrogen) atoms. The fraction of sp³-hybridized carbons (Fsp3) is 0.231. The molecule has 0 saturated heterocycles. The van der Waals surface area contributed by atoms with Crippen LogP contribution in [0.2, 0.25) is 0 Å². The van der Waals surface area contributed by atoms with E-state index >= 15 is 0 Å². The number of imidazole rings is 1. The molecule has 1 atom stereocenters. The zero-order valence-electron chi connectivity index (χ0n) is 9.36. The third-order valence-corrected chi connectivity index (χ3v) is 2.81. The van der Waals surface area contributed by atoms with Gasteiger partial charge in [-0.15, -0.1) is 0 Å². The van der Waals surface area contributed by atoms with E-state index in [-0.39, 0.29) is 5.92 Å². The van der Waals surface area contributed by atoms with Crippen LogP contribution in [0.1, 0.15) is 35.4 Å². The molecule has 0 fully saturated rings. The topological polar surface area (TPSA) is 52.5 Å². The Hall–Kier alpha value is -2.08. The van der Waals surface area contributed by atoms with Gasteiger partial charge in [-0.05, 0) is 18.1 Å². The fourth-order valence-electron chi connectivity index (χ4n) is 1.87. The highest BCUT2D eigenvalue weighted by Crippen LogP contribution is 2.25. The number of aromatic amines is 1. The lowest BCUT2D eigenvalue weighted by Gasteiger charge is -2.12. The van der Waals surface area contributed by atoms with Crippen LogP contribution >= 0.6 is 0 Å². The molecule has 1 heterocycles. The third kappa shape index (κ3) is 1.70. The van der Waals surface area contributed by atoms with Gasteiger partial charge in [-0.2, -0.15) is 5.26 Å². The van der Waals surface area contributed by atoms with E-state index in [1.54, 1.807) is 12.4 Å². The van der Waals surface area contributed by atoms with Crippen molar-refractivity contribution in [2.75, 3.05) is 0 Å². The number of nitriles is 1. The molecule has 0 aliphatic heterocycles. The number of nitrogens with one attached hydrogen (secondary N) is 1. The average molecular weight is 211 g/mol. The van der Waals surface area contributed by atoms with Gasteiger partial charge in [0, 0.05) is 18.3 Å². The fourth-order valence-corrected chi connectivity index (χ4v) is 1.87. The van der Waals surface area contributed by atoms with Crippen LogP contribution in [0, 0.1) is 18.3 Å². The van der Waals surface area contributed by atoms with Gasteiger partial charge < -0.3 is 4.98 Å². The lowest BCUT2D eigenvalue weighted by Crippen LogP contribution is -2.02. The molecule has 0 aliphatic rings. The maximum Gasteiger partial charge on any atom is 0.113 e. The molecule has 2 aromatic rings. The largest absolute Gasteiger partial charge is 0.348 e. The summed E-state index contributed by atoms with van der Waals surface area (Å²) in [6.07, 6.45) is 3.53. The van der Waals surface area contributed by atoms with Crippen LogP contribution in [-0.4, -0.2) is 9.97 Å². The first-order valence-corrected chi connectivity index (χ1v) is 5.23. The van der Waals surface area contributed by atoms with Gasteiger partial charge in [-0.1, -0.05) is 25.1 Å². The normalized spacial score (nSPS) is 12.1. The smallest absolute Gasteiger partial charge is 0.113 e. The number of rotatable bonds is 2. The Bertz CT molecular complexity index is 521. The van der Waals surface area contributed by atoms with Gasteiger partial charge in [-0.25, -0.2) is 4.98 Å². The van der Waals surface area contributed by atoms with E-state index in [0.29, 0.717) is 0 Å². The van der Waals surface area contributed by atoms with Crippen molar-refractivity contribution in [1.82, 2.24) is 9.97 Å². The van der Waals surface area contributed by atoms with E-state index in [2.05, 4.69) is 23.0 Å².